The minimum atomic E-state index is -0.0519. The molecule has 5 nitrogen and oxygen atoms in total. The predicted molar refractivity (Wildman–Crippen MR) is 100 cm³/mol. The standard InChI is InChI=1S/C19H17BrN4O/c20-15-5-1-3-12(9-15)10-17(25)21-16-6-2-4-14(11-16)19-22-18(23-24-19)13-7-8-13/h1-6,9,11,13H,7-8,10H2,(H,21,25)(H,22,23,24). The van der Waals surface area contributed by atoms with Gasteiger partial charge in [-0.05, 0) is 42.7 Å². The predicted octanol–water partition coefficient (Wildman–Crippen LogP) is 4.29. The number of anilines is 1. The van der Waals surface area contributed by atoms with E-state index < -0.39 is 0 Å². The van der Waals surface area contributed by atoms with E-state index in [-0.39, 0.29) is 5.91 Å². The Morgan fingerprint density at radius 2 is 2.04 bits per heavy atom. The van der Waals surface area contributed by atoms with Gasteiger partial charge in [0.05, 0.1) is 6.42 Å². The molecule has 0 radical (unpaired) electrons. The molecule has 2 N–H and O–H groups in total. The van der Waals surface area contributed by atoms with Gasteiger partial charge in [-0.1, -0.05) is 40.2 Å². The number of benzene rings is 2. The minimum absolute atomic E-state index is 0.0519. The van der Waals surface area contributed by atoms with Crippen molar-refractivity contribution in [1.82, 2.24) is 15.2 Å². The summed E-state index contributed by atoms with van der Waals surface area (Å²) in [5, 5.41) is 10.2. The van der Waals surface area contributed by atoms with Crippen molar-refractivity contribution in [2.45, 2.75) is 25.2 Å². The van der Waals surface area contributed by atoms with E-state index in [4.69, 9.17) is 0 Å². The number of halogens is 1. The van der Waals surface area contributed by atoms with Gasteiger partial charge in [0.2, 0.25) is 5.91 Å². The topological polar surface area (TPSA) is 70.7 Å². The van der Waals surface area contributed by atoms with E-state index in [2.05, 4.69) is 36.4 Å². The molecule has 1 aromatic heterocycles. The molecule has 1 aliphatic rings. The van der Waals surface area contributed by atoms with Crippen molar-refractivity contribution >= 4 is 27.5 Å². The Labute approximate surface area is 154 Å². The van der Waals surface area contributed by atoms with Crippen LogP contribution < -0.4 is 5.32 Å². The third kappa shape index (κ3) is 3.96. The van der Waals surface area contributed by atoms with E-state index in [9.17, 15) is 4.79 Å². The van der Waals surface area contributed by atoms with Crippen LogP contribution in [0.4, 0.5) is 5.69 Å². The number of rotatable bonds is 5. The highest BCUT2D eigenvalue weighted by atomic mass is 79.9. The lowest BCUT2D eigenvalue weighted by molar-refractivity contribution is -0.115. The van der Waals surface area contributed by atoms with Gasteiger partial charge in [-0.15, -0.1) is 0 Å². The molecule has 6 heteroatoms. The van der Waals surface area contributed by atoms with Gasteiger partial charge in [-0.25, -0.2) is 4.98 Å². The van der Waals surface area contributed by atoms with Crippen molar-refractivity contribution in [3.05, 3.63) is 64.4 Å². The molecule has 25 heavy (non-hydrogen) atoms. The lowest BCUT2D eigenvalue weighted by atomic mass is 10.1. The van der Waals surface area contributed by atoms with Crippen LogP contribution in [-0.4, -0.2) is 21.1 Å². The molecule has 1 aliphatic carbocycles. The first kappa shape index (κ1) is 16.0. The molecule has 0 saturated heterocycles. The second-order valence-corrected chi connectivity index (χ2v) is 7.17. The average Bonchev–Trinajstić information content (AvgIpc) is 3.32. The molecule has 0 spiro atoms. The van der Waals surface area contributed by atoms with Gasteiger partial charge in [0.25, 0.3) is 0 Å². The van der Waals surface area contributed by atoms with Crippen LogP contribution in [0.15, 0.2) is 53.0 Å². The number of aromatic amines is 1. The van der Waals surface area contributed by atoms with Gasteiger partial charge in [-0.3, -0.25) is 9.89 Å². The highest BCUT2D eigenvalue weighted by Crippen LogP contribution is 2.38. The van der Waals surface area contributed by atoms with Crippen LogP contribution in [0.1, 0.15) is 30.1 Å². The van der Waals surface area contributed by atoms with Gasteiger partial charge < -0.3 is 5.32 Å². The van der Waals surface area contributed by atoms with Gasteiger partial charge >= 0.3 is 0 Å². The summed E-state index contributed by atoms with van der Waals surface area (Å²) < 4.78 is 0.968. The van der Waals surface area contributed by atoms with Crippen LogP contribution in [0.5, 0.6) is 0 Å². The highest BCUT2D eigenvalue weighted by Gasteiger charge is 2.27. The van der Waals surface area contributed by atoms with Gasteiger partial charge in [-0.2, -0.15) is 5.10 Å². The maximum Gasteiger partial charge on any atom is 0.228 e. The Kier molecular flexibility index (Phi) is 4.36. The Bertz CT molecular complexity index is 917. The summed E-state index contributed by atoms with van der Waals surface area (Å²) in [6.45, 7) is 0. The number of amides is 1. The number of aromatic nitrogens is 3. The quantitative estimate of drug-likeness (QED) is 0.675. The van der Waals surface area contributed by atoms with E-state index in [1.807, 2.05) is 48.5 Å². The van der Waals surface area contributed by atoms with Crippen LogP contribution in [-0.2, 0) is 11.2 Å². The first-order chi connectivity index (χ1) is 12.2. The molecule has 0 unspecified atom stereocenters. The van der Waals surface area contributed by atoms with Gasteiger partial charge in [0.15, 0.2) is 5.82 Å². The molecule has 0 bridgehead atoms. The molecule has 126 valence electrons. The Morgan fingerprint density at radius 3 is 2.84 bits per heavy atom. The Balaban J connectivity index is 1.46. The number of H-pyrrole nitrogens is 1. The summed E-state index contributed by atoms with van der Waals surface area (Å²) in [7, 11) is 0. The molecule has 1 amide bonds. The fourth-order valence-corrected chi connectivity index (χ4v) is 3.16. The van der Waals surface area contributed by atoms with E-state index in [1.54, 1.807) is 0 Å². The summed E-state index contributed by atoms with van der Waals surface area (Å²) in [5.74, 6) is 2.11. The zero-order chi connectivity index (χ0) is 17.2. The van der Waals surface area contributed by atoms with Gasteiger partial charge in [0.1, 0.15) is 5.82 Å². The maximum atomic E-state index is 12.3. The second kappa shape index (κ2) is 6.80. The number of carbonyl (C=O) groups excluding carboxylic acids is 1. The minimum Gasteiger partial charge on any atom is -0.326 e. The average molecular weight is 397 g/mol. The third-order valence-corrected chi connectivity index (χ3v) is 4.62. The van der Waals surface area contributed by atoms with E-state index in [0.29, 0.717) is 18.2 Å². The maximum absolute atomic E-state index is 12.3. The van der Waals surface area contributed by atoms with Crippen LogP contribution in [0.2, 0.25) is 0 Å². The van der Waals surface area contributed by atoms with Crippen molar-refractivity contribution in [2.75, 3.05) is 5.32 Å². The number of hydrogen-bond acceptors (Lipinski definition) is 3. The summed E-state index contributed by atoms with van der Waals surface area (Å²) in [6, 6.07) is 15.4. The number of hydrogen-bond donors (Lipinski definition) is 2. The first-order valence-corrected chi connectivity index (χ1v) is 9.04. The molecule has 4 rings (SSSR count). The van der Waals surface area contributed by atoms with E-state index >= 15 is 0 Å². The van der Waals surface area contributed by atoms with Crippen LogP contribution in [0.25, 0.3) is 11.4 Å². The van der Waals surface area contributed by atoms with Crippen LogP contribution >= 0.6 is 15.9 Å². The van der Waals surface area contributed by atoms with Crippen molar-refractivity contribution in [2.24, 2.45) is 0 Å². The lowest BCUT2D eigenvalue weighted by Gasteiger charge is -2.07. The van der Waals surface area contributed by atoms with Crippen molar-refractivity contribution in [3.8, 4) is 11.4 Å². The zero-order valence-electron chi connectivity index (χ0n) is 13.5. The molecule has 1 saturated carbocycles. The first-order valence-electron chi connectivity index (χ1n) is 8.24. The Morgan fingerprint density at radius 1 is 1.20 bits per heavy atom. The smallest absolute Gasteiger partial charge is 0.228 e. The second-order valence-electron chi connectivity index (χ2n) is 6.25. The molecular weight excluding hydrogens is 380 g/mol. The fraction of sp³-hybridized carbons (Fsp3) is 0.211. The zero-order valence-corrected chi connectivity index (χ0v) is 15.1. The molecular formula is C19H17BrN4O. The molecule has 0 atom stereocenters. The largest absolute Gasteiger partial charge is 0.326 e. The van der Waals surface area contributed by atoms with Crippen LogP contribution in [0, 0.1) is 0 Å². The number of nitrogens with one attached hydrogen (secondary N) is 2. The molecule has 1 heterocycles. The molecule has 0 aliphatic heterocycles. The molecule has 3 aromatic rings. The summed E-state index contributed by atoms with van der Waals surface area (Å²) in [6.07, 6.45) is 2.69. The SMILES string of the molecule is O=C(Cc1cccc(Br)c1)Nc1cccc(-c2n[nH]c(C3CC3)n2)c1. The summed E-state index contributed by atoms with van der Waals surface area (Å²) in [4.78, 5) is 16.8. The van der Waals surface area contributed by atoms with Crippen molar-refractivity contribution in [1.29, 1.82) is 0 Å². The van der Waals surface area contributed by atoms with E-state index in [1.165, 1.54) is 12.8 Å². The Hall–Kier alpha value is -2.47. The monoisotopic (exact) mass is 396 g/mol. The third-order valence-electron chi connectivity index (χ3n) is 4.12. The molecule has 1 fully saturated rings. The summed E-state index contributed by atoms with van der Waals surface area (Å²) in [5.41, 5.74) is 2.60. The summed E-state index contributed by atoms with van der Waals surface area (Å²) >= 11 is 3.42. The van der Waals surface area contributed by atoms with Gasteiger partial charge in [0, 0.05) is 21.6 Å². The van der Waals surface area contributed by atoms with Crippen molar-refractivity contribution in [3.63, 3.8) is 0 Å². The normalized spacial score (nSPS) is 13.6. The number of carbonyl (C=O) groups is 1. The molecule has 2 aromatic carbocycles. The van der Waals surface area contributed by atoms with Crippen molar-refractivity contribution < 1.29 is 4.79 Å². The van der Waals surface area contributed by atoms with E-state index in [0.717, 1.165) is 27.1 Å². The highest BCUT2D eigenvalue weighted by molar-refractivity contribution is 9.10. The lowest BCUT2D eigenvalue weighted by Crippen LogP contribution is -2.14. The number of nitrogens with zero attached hydrogens (tertiary/aromatic N) is 2. The van der Waals surface area contributed by atoms with Crippen LogP contribution in [0.3, 0.4) is 0 Å². The fourth-order valence-electron chi connectivity index (χ4n) is 2.72.